The maximum atomic E-state index is 12.4. The number of methoxy groups -OCH3 is 1. The van der Waals surface area contributed by atoms with Gasteiger partial charge in [-0.2, -0.15) is 5.26 Å². The van der Waals surface area contributed by atoms with E-state index in [1.807, 2.05) is 13.0 Å². The van der Waals surface area contributed by atoms with E-state index in [0.29, 0.717) is 34.4 Å². The Morgan fingerprint density at radius 1 is 1.27 bits per heavy atom. The Morgan fingerprint density at radius 3 is 2.65 bits per heavy atom. The van der Waals surface area contributed by atoms with Gasteiger partial charge in [-0.15, -0.1) is 0 Å². The topological polar surface area (TPSA) is 71.3 Å². The summed E-state index contributed by atoms with van der Waals surface area (Å²) in [6, 6.07) is 11.9. The monoisotopic (exact) mass is 390 g/mol. The van der Waals surface area contributed by atoms with Gasteiger partial charge in [-0.25, -0.2) is 0 Å². The van der Waals surface area contributed by atoms with Crippen molar-refractivity contribution in [2.45, 2.75) is 6.92 Å². The second kappa shape index (κ2) is 9.14. The number of ether oxygens (including phenoxy) is 2. The first-order valence-corrected chi connectivity index (χ1v) is 8.44. The average molecular weight is 391 g/mol. The summed E-state index contributed by atoms with van der Waals surface area (Å²) in [5, 5.41) is 12.5. The van der Waals surface area contributed by atoms with E-state index in [1.54, 1.807) is 36.4 Å². The van der Waals surface area contributed by atoms with Gasteiger partial charge in [-0.3, -0.25) is 4.79 Å². The van der Waals surface area contributed by atoms with Crippen molar-refractivity contribution in [3.05, 3.63) is 57.6 Å². The van der Waals surface area contributed by atoms with Crippen molar-refractivity contribution in [1.29, 1.82) is 5.26 Å². The zero-order chi connectivity index (χ0) is 19.1. The molecule has 0 spiro atoms. The number of para-hydroxylation sites is 1. The van der Waals surface area contributed by atoms with Crippen LogP contribution in [0.3, 0.4) is 0 Å². The molecular formula is C19H16Cl2N2O3. The highest BCUT2D eigenvalue weighted by atomic mass is 35.5. The Labute approximate surface area is 161 Å². The van der Waals surface area contributed by atoms with E-state index in [1.165, 1.54) is 13.2 Å². The molecule has 0 fully saturated rings. The minimum Gasteiger partial charge on any atom is -0.492 e. The number of hydrogen-bond acceptors (Lipinski definition) is 4. The van der Waals surface area contributed by atoms with Gasteiger partial charge in [0, 0.05) is 5.56 Å². The number of amides is 1. The molecule has 2 rings (SSSR count). The van der Waals surface area contributed by atoms with Gasteiger partial charge in [0.15, 0.2) is 11.5 Å². The van der Waals surface area contributed by atoms with E-state index in [4.69, 9.17) is 32.7 Å². The van der Waals surface area contributed by atoms with Gasteiger partial charge in [0.1, 0.15) is 11.6 Å². The molecule has 0 aliphatic heterocycles. The fourth-order valence-corrected chi connectivity index (χ4v) is 2.58. The largest absolute Gasteiger partial charge is 0.492 e. The molecule has 26 heavy (non-hydrogen) atoms. The van der Waals surface area contributed by atoms with Crippen LogP contribution in [-0.2, 0) is 4.79 Å². The Kier molecular flexibility index (Phi) is 6.90. The summed E-state index contributed by atoms with van der Waals surface area (Å²) >= 11 is 12.0. The molecule has 2 aromatic rings. The van der Waals surface area contributed by atoms with Crippen LogP contribution in [0.25, 0.3) is 6.08 Å². The molecule has 5 nitrogen and oxygen atoms in total. The molecule has 0 aliphatic carbocycles. The van der Waals surface area contributed by atoms with Crippen molar-refractivity contribution in [3.63, 3.8) is 0 Å². The van der Waals surface area contributed by atoms with Crippen LogP contribution < -0.4 is 14.8 Å². The van der Waals surface area contributed by atoms with Crippen molar-refractivity contribution in [1.82, 2.24) is 0 Å². The predicted molar refractivity (Wildman–Crippen MR) is 103 cm³/mol. The van der Waals surface area contributed by atoms with Gasteiger partial charge < -0.3 is 14.8 Å². The first kappa shape index (κ1) is 19.6. The van der Waals surface area contributed by atoms with Crippen molar-refractivity contribution in [2.75, 3.05) is 19.0 Å². The van der Waals surface area contributed by atoms with Gasteiger partial charge in [0.25, 0.3) is 5.91 Å². The second-order valence-electron chi connectivity index (χ2n) is 5.04. The van der Waals surface area contributed by atoms with E-state index in [0.717, 1.165) is 0 Å². The molecule has 0 saturated carbocycles. The first-order valence-electron chi connectivity index (χ1n) is 7.68. The SMILES string of the molecule is CCOc1cccc(/C=C(\C#N)C(=O)Nc2cccc(Cl)c2Cl)c1OC. The van der Waals surface area contributed by atoms with Gasteiger partial charge in [-0.1, -0.05) is 41.4 Å². The molecule has 134 valence electrons. The Hall–Kier alpha value is -2.68. The lowest BCUT2D eigenvalue weighted by Gasteiger charge is -2.12. The molecule has 0 radical (unpaired) electrons. The number of carbonyl (C=O) groups excluding carboxylic acids is 1. The standard InChI is InChI=1S/C19H16Cl2N2O3/c1-3-26-16-9-4-6-12(18(16)25-2)10-13(11-22)19(24)23-15-8-5-7-14(20)17(15)21/h4-10H,3H2,1-2H3,(H,23,24)/b13-10+. The maximum absolute atomic E-state index is 12.4. The summed E-state index contributed by atoms with van der Waals surface area (Å²) < 4.78 is 10.9. The smallest absolute Gasteiger partial charge is 0.266 e. The zero-order valence-electron chi connectivity index (χ0n) is 14.2. The molecule has 2 aromatic carbocycles. The average Bonchev–Trinajstić information content (AvgIpc) is 2.63. The summed E-state index contributed by atoms with van der Waals surface area (Å²) in [7, 11) is 1.49. The lowest BCUT2D eigenvalue weighted by atomic mass is 10.1. The predicted octanol–water partition coefficient (Wildman–Crippen LogP) is 4.95. The molecule has 1 amide bonds. The fourth-order valence-electron chi connectivity index (χ4n) is 2.23. The van der Waals surface area contributed by atoms with Crippen LogP contribution in [0.15, 0.2) is 42.0 Å². The Bertz CT molecular complexity index is 889. The van der Waals surface area contributed by atoms with E-state index < -0.39 is 5.91 Å². The van der Waals surface area contributed by atoms with Gasteiger partial charge in [0.05, 0.1) is 29.4 Å². The van der Waals surface area contributed by atoms with E-state index in [-0.39, 0.29) is 10.6 Å². The van der Waals surface area contributed by atoms with Crippen LogP contribution in [0.1, 0.15) is 12.5 Å². The van der Waals surface area contributed by atoms with Gasteiger partial charge in [-0.05, 0) is 31.2 Å². The highest BCUT2D eigenvalue weighted by Gasteiger charge is 2.15. The molecule has 0 bridgehead atoms. The van der Waals surface area contributed by atoms with Crippen LogP contribution in [0.4, 0.5) is 5.69 Å². The van der Waals surface area contributed by atoms with Gasteiger partial charge in [0.2, 0.25) is 0 Å². The van der Waals surface area contributed by atoms with Crippen LogP contribution in [0.5, 0.6) is 11.5 Å². The lowest BCUT2D eigenvalue weighted by molar-refractivity contribution is -0.112. The molecule has 0 unspecified atom stereocenters. The third-order valence-electron chi connectivity index (χ3n) is 3.38. The third kappa shape index (κ3) is 4.48. The molecule has 0 aliphatic rings. The highest BCUT2D eigenvalue weighted by molar-refractivity contribution is 6.44. The van der Waals surface area contributed by atoms with Crippen molar-refractivity contribution >= 4 is 40.9 Å². The van der Waals surface area contributed by atoms with Crippen molar-refractivity contribution in [3.8, 4) is 17.6 Å². The molecule has 7 heteroatoms. The first-order chi connectivity index (χ1) is 12.5. The van der Waals surface area contributed by atoms with Gasteiger partial charge >= 0.3 is 0 Å². The number of hydrogen-bond donors (Lipinski definition) is 1. The van der Waals surface area contributed by atoms with E-state index in [2.05, 4.69) is 5.32 Å². The maximum Gasteiger partial charge on any atom is 0.266 e. The third-order valence-corrected chi connectivity index (χ3v) is 4.20. The summed E-state index contributed by atoms with van der Waals surface area (Å²) in [6.45, 7) is 2.31. The molecule has 0 saturated heterocycles. The minimum atomic E-state index is -0.611. The summed E-state index contributed by atoms with van der Waals surface area (Å²) in [6.07, 6.45) is 1.43. The number of rotatable bonds is 6. The van der Waals surface area contributed by atoms with Crippen LogP contribution in [0.2, 0.25) is 10.0 Å². The van der Waals surface area contributed by atoms with Crippen molar-refractivity contribution < 1.29 is 14.3 Å². The second-order valence-corrected chi connectivity index (χ2v) is 5.82. The van der Waals surface area contributed by atoms with Crippen molar-refractivity contribution in [2.24, 2.45) is 0 Å². The number of halogens is 2. The van der Waals surface area contributed by atoms with E-state index in [9.17, 15) is 10.1 Å². The Balaban J connectivity index is 2.36. The molecule has 0 heterocycles. The summed E-state index contributed by atoms with van der Waals surface area (Å²) in [5.74, 6) is 0.357. The van der Waals surface area contributed by atoms with Crippen LogP contribution in [-0.4, -0.2) is 19.6 Å². The zero-order valence-corrected chi connectivity index (χ0v) is 15.7. The molecule has 1 N–H and O–H groups in total. The highest BCUT2D eigenvalue weighted by Crippen LogP contribution is 2.33. The van der Waals surface area contributed by atoms with Crippen LogP contribution >= 0.6 is 23.2 Å². The summed E-state index contributed by atoms with van der Waals surface area (Å²) in [4.78, 5) is 12.4. The Morgan fingerprint density at radius 2 is 2.00 bits per heavy atom. The minimum absolute atomic E-state index is 0.118. The van der Waals surface area contributed by atoms with Crippen LogP contribution in [0, 0.1) is 11.3 Å². The number of nitrogens with one attached hydrogen (secondary N) is 1. The number of anilines is 1. The summed E-state index contributed by atoms with van der Waals surface area (Å²) in [5.41, 5.74) is 0.746. The number of carbonyl (C=O) groups is 1. The lowest BCUT2D eigenvalue weighted by Crippen LogP contribution is -2.14. The molecular weight excluding hydrogens is 375 g/mol. The normalized spacial score (nSPS) is 10.8. The number of benzene rings is 2. The quantitative estimate of drug-likeness (QED) is 0.559. The number of nitriles is 1. The molecule has 0 aromatic heterocycles. The number of nitrogens with zero attached hydrogens (tertiary/aromatic N) is 1. The van der Waals surface area contributed by atoms with E-state index >= 15 is 0 Å². The fraction of sp³-hybridized carbons (Fsp3) is 0.158. The molecule has 0 atom stereocenters.